The molecule has 0 bridgehead atoms. The lowest BCUT2D eigenvalue weighted by atomic mass is 10.2. The van der Waals surface area contributed by atoms with Crippen molar-refractivity contribution >= 4 is 29.3 Å². The van der Waals surface area contributed by atoms with Crippen molar-refractivity contribution in [1.82, 2.24) is 5.32 Å². The van der Waals surface area contributed by atoms with Gasteiger partial charge in [-0.3, -0.25) is 9.59 Å². The molecule has 2 aromatic carbocycles. The second-order valence-electron chi connectivity index (χ2n) is 7.00. The number of morpholine rings is 1. The number of nitrogens with zero attached hydrogens (tertiary/aromatic N) is 1. The number of nitrogens with one attached hydrogen (secondary N) is 2. The number of carbonyl (C=O) groups excluding carboxylic acids is 2. The van der Waals surface area contributed by atoms with Gasteiger partial charge in [0.25, 0.3) is 11.8 Å². The Morgan fingerprint density at radius 3 is 2.48 bits per heavy atom. The lowest BCUT2D eigenvalue weighted by Crippen LogP contribution is -2.36. The second kappa shape index (κ2) is 9.77. The summed E-state index contributed by atoms with van der Waals surface area (Å²) in [6.07, 6.45) is 3.01. The Morgan fingerprint density at radius 2 is 1.74 bits per heavy atom. The molecule has 1 aliphatic heterocycles. The first-order valence-corrected chi connectivity index (χ1v) is 10.0. The van der Waals surface area contributed by atoms with E-state index in [9.17, 15) is 9.59 Å². The predicted molar refractivity (Wildman–Crippen MR) is 119 cm³/mol. The summed E-state index contributed by atoms with van der Waals surface area (Å²) in [4.78, 5) is 27.8. The van der Waals surface area contributed by atoms with Crippen LogP contribution in [0.4, 0.5) is 11.4 Å². The number of rotatable bonds is 6. The molecule has 7 heteroatoms. The maximum atomic E-state index is 13.0. The zero-order chi connectivity index (χ0) is 21.5. The fourth-order valence-electron chi connectivity index (χ4n) is 3.26. The summed E-state index contributed by atoms with van der Waals surface area (Å²) in [7, 11) is 0. The third-order valence-corrected chi connectivity index (χ3v) is 4.84. The molecular weight excluding hydrogens is 394 g/mol. The Morgan fingerprint density at radius 1 is 0.935 bits per heavy atom. The van der Waals surface area contributed by atoms with Gasteiger partial charge in [0.1, 0.15) is 11.5 Å². The summed E-state index contributed by atoms with van der Waals surface area (Å²) in [5.74, 6) is -0.365. The molecule has 2 amide bonds. The molecule has 2 N–H and O–H groups in total. The first-order valence-electron chi connectivity index (χ1n) is 10.0. The minimum absolute atomic E-state index is 0.0839. The summed E-state index contributed by atoms with van der Waals surface area (Å²) in [6.45, 7) is 2.96. The number of anilines is 2. The number of hydrogen-bond donors (Lipinski definition) is 2. The standard InChI is InChI=1S/C24H23N3O4/c28-23(18-6-2-1-3-7-18)26-22(17-21-10-5-13-31-21)24(29)25-19-8-4-9-20(16-19)27-11-14-30-15-12-27/h1-10,13,16-17H,11-12,14-15H2,(H,25,29)(H,26,28). The van der Waals surface area contributed by atoms with Gasteiger partial charge >= 0.3 is 0 Å². The van der Waals surface area contributed by atoms with Crippen molar-refractivity contribution in [2.24, 2.45) is 0 Å². The van der Waals surface area contributed by atoms with Crippen LogP contribution >= 0.6 is 0 Å². The van der Waals surface area contributed by atoms with Crippen molar-refractivity contribution in [3.8, 4) is 0 Å². The largest absolute Gasteiger partial charge is 0.465 e. The van der Waals surface area contributed by atoms with Crippen LogP contribution in [0.5, 0.6) is 0 Å². The Labute approximate surface area is 180 Å². The van der Waals surface area contributed by atoms with E-state index in [1.54, 1.807) is 36.4 Å². The summed E-state index contributed by atoms with van der Waals surface area (Å²) < 4.78 is 10.7. The number of furan rings is 1. The molecule has 0 radical (unpaired) electrons. The second-order valence-corrected chi connectivity index (χ2v) is 7.00. The first kappa shape index (κ1) is 20.4. The van der Waals surface area contributed by atoms with Crippen LogP contribution in [-0.4, -0.2) is 38.1 Å². The molecule has 0 spiro atoms. The van der Waals surface area contributed by atoms with E-state index in [1.165, 1.54) is 12.3 Å². The minimum atomic E-state index is -0.445. The zero-order valence-corrected chi connectivity index (χ0v) is 16.9. The van der Waals surface area contributed by atoms with Gasteiger partial charge in [0.05, 0.1) is 19.5 Å². The summed E-state index contributed by atoms with van der Waals surface area (Å²) in [6, 6.07) is 19.8. The van der Waals surface area contributed by atoms with E-state index < -0.39 is 5.91 Å². The van der Waals surface area contributed by atoms with Gasteiger partial charge in [-0.2, -0.15) is 0 Å². The van der Waals surface area contributed by atoms with Gasteiger partial charge in [-0.05, 0) is 42.5 Å². The van der Waals surface area contributed by atoms with Gasteiger partial charge in [-0.25, -0.2) is 0 Å². The lowest BCUT2D eigenvalue weighted by Gasteiger charge is -2.29. The van der Waals surface area contributed by atoms with Gasteiger partial charge in [0.15, 0.2) is 0 Å². The van der Waals surface area contributed by atoms with Crippen molar-refractivity contribution in [2.45, 2.75) is 0 Å². The zero-order valence-electron chi connectivity index (χ0n) is 16.9. The number of benzene rings is 2. The van der Waals surface area contributed by atoms with E-state index >= 15 is 0 Å². The van der Waals surface area contributed by atoms with Gasteiger partial charge < -0.3 is 24.7 Å². The van der Waals surface area contributed by atoms with Crippen LogP contribution < -0.4 is 15.5 Å². The maximum absolute atomic E-state index is 13.0. The number of ether oxygens (including phenoxy) is 1. The molecule has 0 atom stereocenters. The highest BCUT2D eigenvalue weighted by molar-refractivity contribution is 6.10. The molecule has 1 aromatic heterocycles. The number of amides is 2. The Hall–Kier alpha value is -3.84. The Kier molecular flexibility index (Phi) is 6.44. The third kappa shape index (κ3) is 5.40. The summed E-state index contributed by atoms with van der Waals surface area (Å²) >= 11 is 0. The quantitative estimate of drug-likeness (QED) is 0.600. The topological polar surface area (TPSA) is 83.8 Å². The van der Waals surface area contributed by atoms with Crippen molar-refractivity contribution in [3.63, 3.8) is 0 Å². The van der Waals surface area contributed by atoms with Crippen LogP contribution in [0.15, 0.2) is 83.1 Å². The molecule has 1 fully saturated rings. The highest BCUT2D eigenvalue weighted by atomic mass is 16.5. The lowest BCUT2D eigenvalue weighted by molar-refractivity contribution is -0.113. The maximum Gasteiger partial charge on any atom is 0.272 e. The molecular formula is C24H23N3O4. The van der Waals surface area contributed by atoms with Crippen molar-refractivity contribution in [1.29, 1.82) is 0 Å². The molecule has 31 heavy (non-hydrogen) atoms. The molecule has 2 heterocycles. The van der Waals surface area contributed by atoms with Crippen molar-refractivity contribution in [3.05, 3.63) is 90.0 Å². The van der Waals surface area contributed by atoms with Crippen LogP contribution in [0.1, 0.15) is 16.1 Å². The average molecular weight is 417 g/mol. The molecule has 1 saturated heterocycles. The molecule has 3 aromatic rings. The minimum Gasteiger partial charge on any atom is -0.465 e. The number of hydrogen-bond acceptors (Lipinski definition) is 5. The normalized spacial score (nSPS) is 14.2. The van der Waals surface area contributed by atoms with E-state index in [-0.39, 0.29) is 11.6 Å². The molecule has 0 unspecified atom stereocenters. The highest BCUT2D eigenvalue weighted by Gasteiger charge is 2.17. The van der Waals surface area contributed by atoms with E-state index in [4.69, 9.17) is 9.15 Å². The van der Waals surface area contributed by atoms with Gasteiger partial charge in [-0.15, -0.1) is 0 Å². The van der Waals surface area contributed by atoms with Crippen molar-refractivity contribution < 1.29 is 18.7 Å². The van der Waals surface area contributed by atoms with E-state index in [2.05, 4.69) is 15.5 Å². The van der Waals surface area contributed by atoms with Crippen LogP contribution in [-0.2, 0) is 9.53 Å². The van der Waals surface area contributed by atoms with Gasteiger partial charge in [0.2, 0.25) is 0 Å². The van der Waals surface area contributed by atoms with Gasteiger partial charge in [-0.1, -0.05) is 24.3 Å². The van der Waals surface area contributed by atoms with Gasteiger partial charge in [0, 0.05) is 36.1 Å². The Balaban J connectivity index is 1.53. The van der Waals surface area contributed by atoms with Crippen LogP contribution in [0.3, 0.4) is 0 Å². The fourth-order valence-corrected chi connectivity index (χ4v) is 3.26. The van der Waals surface area contributed by atoms with Crippen molar-refractivity contribution in [2.75, 3.05) is 36.5 Å². The average Bonchev–Trinajstić information content (AvgIpc) is 3.33. The van der Waals surface area contributed by atoms with Crippen LogP contribution in [0.2, 0.25) is 0 Å². The molecule has 158 valence electrons. The smallest absolute Gasteiger partial charge is 0.272 e. The molecule has 4 rings (SSSR count). The fraction of sp³-hybridized carbons (Fsp3) is 0.167. The number of carbonyl (C=O) groups is 2. The molecule has 1 aliphatic rings. The SMILES string of the molecule is O=C(Nc1cccc(N2CCOCC2)c1)C(=Cc1ccco1)NC(=O)c1ccccc1. The van der Waals surface area contributed by atoms with Crippen LogP contribution in [0, 0.1) is 0 Å². The van der Waals surface area contributed by atoms with Crippen LogP contribution in [0.25, 0.3) is 6.08 Å². The molecule has 7 nitrogen and oxygen atoms in total. The third-order valence-electron chi connectivity index (χ3n) is 4.84. The molecule has 0 aliphatic carbocycles. The van der Waals surface area contributed by atoms with E-state index in [1.807, 2.05) is 30.3 Å². The predicted octanol–water partition coefficient (Wildman–Crippen LogP) is 3.53. The van der Waals surface area contributed by atoms with E-state index in [0.717, 1.165) is 18.8 Å². The monoisotopic (exact) mass is 417 g/mol. The first-order chi connectivity index (χ1) is 15.2. The Bertz CT molecular complexity index is 1060. The van der Waals surface area contributed by atoms with E-state index in [0.29, 0.717) is 30.2 Å². The highest BCUT2D eigenvalue weighted by Crippen LogP contribution is 2.21. The summed E-state index contributed by atoms with van der Waals surface area (Å²) in [5, 5.41) is 5.56. The summed E-state index contributed by atoms with van der Waals surface area (Å²) in [5.41, 5.74) is 2.18. The molecule has 0 saturated carbocycles.